The van der Waals surface area contributed by atoms with Crippen LogP contribution in [0.2, 0.25) is 0 Å². The fourth-order valence-corrected chi connectivity index (χ4v) is 2.17. The van der Waals surface area contributed by atoms with E-state index in [9.17, 15) is 15.0 Å². The van der Waals surface area contributed by atoms with Gasteiger partial charge in [0.1, 0.15) is 6.10 Å². The minimum absolute atomic E-state index is 0.141. The van der Waals surface area contributed by atoms with Gasteiger partial charge in [-0.15, -0.1) is 0 Å². The smallest absolute Gasteiger partial charge is 0.216 e. The fraction of sp³-hybridized carbons (Fsp3) is 0.312. The topological polar surface area (TPSA) is 69.6 Å². The maximum atomic E-state index is 10.8. The van der Waals surface area contributed by atoms with E-state index in [1.165, 1.54) is 6.92 Å². The van der Waals surface area contributed by atoms with Crippen molar-refractivity contribution in [3.63, 3.8) is 0 Å². The average Bonchev–Trinajstić information content (AvgIpc) is 2.45. The molecule has 1 amide bonds. The van der Waals surface area contributed by atoms with Crippen molar-refractivity contribution in [3.05, 3.63) is 48.0 Å². The highest BCUT2D eigenvalue weighted by Gasteiger charge is 2.18. The third-order valence-electron chi connectivity index (χ3n) is 3.29. The zero-order valence-electron chi connectivity index (χ0n) is 11.4. The molecule has 4 heteroatoms. The first kappa shape index (κ1) is 14.5. The van der Waals surface area contributed by atoms with Gasteiger partial charge in [0.05, 0.1) is 6.10 Å². The first-order valence-electron chi connectivity index (χ1n) is 6.67. The predicted octanol–water partition coefficient (Wildman–Crippen LogP) is 1.76. The summed E-state index contributed by atoms with van der Waals surface area (Å²) in [5.41, 5.74) is 0.680. The lowest BCUT2D eigenvalue weighted by Gasteiger charge is -2.18. The highest BCUT2D eigenvalue weighted by atomic mass is 16.3. The summed E-state index contributed by atoms with van der Waals surface area (Å²) >= 11 is 0. The third-order valence-corrected chi connectivity index (χ3v) is 3.29. The number of carbonyl (C=O) groups is 1. The molecule has 106 valence electrons. The minimum Gasteiger partial charge on any atom is -0.390 e. The molecule has 0 saturated carbocycles. The first-order valence-corrected chi connectivity index (χ1v) is 6.67. The monoisotopic (exact) mass is 273 g/mol. The Hall–Kier alpha value is -1.91. The van der Waals surface area contributed by atoms with E-state index in [4.69, 9.17) is 0 Å². The molecule has 2 aromatic rings. The molecular weight excluding hydrogens is 254 g/mol. The van der Waals surface area contributed by atoms with Crippen molar-refractivity contribution in [1.29, 1.82) is 0 Å². The fourth-order valence-electron chi connectivity index (χ4n) is 2.17. The van der Waals surface area contributed by atoms with Crippen molar-refractivity contribution < 1.29 is 15.0 Å². The van der Waals surface area contributed by atoms with Crippen LogP contribution in [0.1, 0.15) is 25.0 Å². The van der Waals surface area contributed by atoms with E-state index >= 15 is 0 Å². The standard InChI is InChI=1S/C16H19NO3/c1-11(18)17-9-8-15(19)16(20)14-7-6-12-4-2-3-5-13(12)10-14/h2-7,10,15-16,19-20H,8-9H2,1H3,(H,17,18). The zero-order valence-corrected chi connectivity index (χ0v) is 11.4. The molecule has 0 aliphatic rings. The molecule has 20 heavy (non-hydrogen) atoms. The molecule has 2 atom stereocenters. The number of fused-ring (bicyclic) bond motifs is 1. The van der Waals surface area contributed by atoms with E-state index in [2.05, 4.69) is 5.32 Å². The van der Waals surface area contributed by atoms with Gasteiger partial charge >= 0.3 is 0 Å². The van der Waals surface area contributed by atoms with Crippen molar-refractivity contribution in [1.82, 2.24) is 5.32 Å². The quantitative estimate of drug-likeness (QED) is 0.777. The molecule has 0 radical (unpaired) electrons. The van der Waals surface area contributed by atoms with Gasteiger partial charge in [-0.1, -0.05) is 36.4 Å². The van der Waals surface area contributed by atoms with Crippen LogP contribution in [0.25, 0.3) is 10.8 Å². The van der Waals surface area contributed by atoms with Crippen LogP contribution in [-0.4, -0.2) is 28.8 Å². The largest absolute Gasteiger partial charge is 0.390 e. The van der Waals surface area contributed by atoms with Crippen molar-refractivity contribution in [2.24, 2.45) is 0 Å². The predicted molar refractivity (Wildman–Crippen MR) is 78.2 cm³/mol. The van der Waals surface area contributed by atoms with E-state index in [0.29, 0.717) is 18.5 Å². The van der Waals surface area contributed by atoms with Gasteiger partial charge in [-0.25, -0.2) is 0 Å². The molecule has 4 nitrogen and oxygen atoms in total. The minimum atomic E-state index is -0.951. The van der Waals surface area contributed by atoms with Crippen LogP contribution < -0.4 is 5.32 Å². The van der Waals surface area contributed by atoms with Gasteiger partial charge in [-0.3, -0.25) is 4.79 Å². The van der Waals surface area contributed by atoms with Crippen LogP contribution in [0, 0.1) is 0 Å². The van der Waals surface area contributed by atoms with Gasteiger partial charge < -0.3 is 15.5 Å². The van der Waals surface area contributed by atoms with E-state index in [0.717, 1.165) is 10.8 Å². The molecule has 0 aromatic heterocycles. The lowest BCUT2D eigenvalue weighted by molar-refractivity contribution is -0.119. The summed E-state index contributed by atoms with van der Waals surface area (Å²) in [7, 11) is 0. The second-order valence-corrected chi connectivity index (χ2v) is 4.89. The number of hydrogen-bond acceptors (Lipinski definition) is 3. The molecule has 0 aliphatic carbocycles. The average molecular weight is 273 g/mol. The molecule has 0 bridgehead atoms. The summed E-state index contributed by atoms with van der Waals surface area (Å²) in [6.45, 7) is 1.77. The van der Waals surface area contributed by atoms with Crippen LogP contribution in [0.5, 0.6) is 0 Å². The summed E-state index contributed by atoms with van der Waals surface area (Å²) in [6, 6.07) is 13.5. The Morgan fingerprint density at radius 3 is 2.55 bits per heavy atom. The van der Waals surface area contributed by atoms with Gasteiger partial charge in [0.15, 0.2) is 0 Å². The molecule has 0 fully saturated rings. The molecule has 3 N–H and O–H groups in total. The Bertz CT molecular complexity index is 597. The van der Waals surface area contributed by atoms with E-state index < -0.39 is 12.2 Å². The molecule has 0 heterocycles. The maximum Gasteiger partial charge on any atom is 0.216 e. The second kappa shape index (κ2) is 6.50. The van der Waals surface area contributed by atoms with Gasteiger partial charge in [0.25, 0.3) is 0 Å². The lowest BCUT2D eigenvalue weighted by atomic mass is 9.99. The molecule has 0 saturated heterocycles. The molecular formula is C16H19NO3. The number of carbonyl (C=O) groups excluding carboxylic acids is 1. The van der Waals surface area contributed by atoms with Crippen LogP contribution in [0.3, 0.4) is 0 Å². The Morgan fingerprint density at radius 1 is 1.15 bits per heavy atom. The maximum absolute atomic E-state index is 10.8. The summed E-state index contributed by atoms with van der Waals surface area (Å²) < 4.78 is 0. The van der Waals surface area contributed by atoms with Crippen molar-refractivity contribution in [2.75, 3.05) is 6.54 Å². The highest BCUT2D eigenvalue weighted by Crippen LogP contribution is 2.23. The number of aliphatic hydroxyl groups is 2. The lowest BCUT2D eigenvalue weighted by Crippen LogP contribution is -2.27. The van der Waals surface area contributed by atoms with Gasteiger partial charge in [0.2, 0.25) is 5.91 Å². The summed E-state index contributed by atoms with van der Waals surface area (Å²) in [5, 5.41) is 24.8. The number of nitrogens with one attached hydrogen (secondary N) is 1. The van der Waals surface area contributed by atoms with Crippen LogP contribution in [0.15, 0.2) is 42.5 Å². The first-order chi connectivity index (χ1) is 9.58. The van der Waals surface area contributed by atoms with Crippen molar-refractivity contribution >= 4 is 16.7 Å². The van der Waals surface area contributed by atoms with Crippen LogP contribution in [0.4, 0.5) is 0 Å². The van der Waals surface area contributed by atoms with Crippen molar-refractivity contribution in [3.8, 4) is 0 Å². The van der Waals surface area contributed by atoms with Gasteiger partial charge in [0, 0.05) is 13.5 Å². The number of hydrogen-bond donors (Lipinski definition) is 3. The number of aliphatic hydroxyl groups excluding tert-OH is 2. The van der Waals surface area contributed by atoms with Crippen LogP contribution >= 0.6 is 0 Å². The summed E-state index contributed by atoms with van der Waals surface area (Å²) in [6.07, 6.45) is -1.54. The number of rotatable bonds is 5. The highest BCUT2D eigenvalue weighted by molar-refractivity contribution is 5.83. The third kappa shape index (κ3) is 3.56. The number of benzene rings is 2. The molecule has 0 aliphatic heterocycles. The van der Waals surface area contributed by atoms with Gasteiger partial charge in [-0.05, 0) is 28.8 Å². The van der Waals surface area contributed by atoms with Gasteiger partial charge in [-0.2, -0.15) is 0 Å². The van der Waals surface area contributed by atoms with E-state index in [-0.39, 0.29) is 5.91 Å². The Kier molecular flexibility index (Phi) is 4.71. The second-order valence-electron chi connectivity index (χ2n) is 4.89. The Labute approximate surface area is 118 Å². The molecule has 2 aromatic carbocycles. The van der Waals surface area contributed by atoms with E-state index in [1.54, 1.807) is 0 Å². The Balaban J connectivity index is 2.06. The van der Waals surface area contributed by atoms with Crippen LogP contribution in [-0.2, 0) is 4.79 Å². The molecule has 2 unspecified atom stereocenters. The zero-order chi connectivity index (χ0) is 14.5. The van der Waals surface area contributed by atoms with Crippen molar-refractivity contribution in [2.45, 2.75) is 25.6 Å². The molecule has 2 rings (SSSR count). The summed E-state index contributed by atoms with van der Waals surface area (Å²) in [4.78, 5) is 10.8. The number of amides is 1. The Morgan fingerprint density at radius 2 is 1.85 bits per heavy atom. The SMILES string of the molecule is CC(=O)NCCC(O)C(O)c1ccc2ccccc2c1. The summed E-state index contributed by atoms with van der Waals surface area (Å²) in [5.74, 6) is -0.141. The normalized spacial score (nSPS) is 13.9. The molecule has 0 spiro atoms. The van der Waals surface area contributed by atoms with E-state index in [1.807, 2.05) is 42.5 Å².